The van der Waals surface area contributed by atoms with Gasteiger partial charge in [0.05, 0.1) is 6.21 Å². The molecule has 2 aromatic carbocycles. The van der Waals surface area contributed by atoms with Crippen molar-refractivity contribution in [3.63, 3.8) is 0 Å². The summed E-state index contributed by atoms with van der Waals surface area (Å²) in [5.41, 5.74) is 5.26. The number of halogens is 1. The summed E-state index contributed by atoms with van der Waals surface area (Å²) in [5.74, 6) is 0.625. The summed E-state index contributed by atoms with van der Waals surface area (Å²) < 4.78 is 12.0. The van der Waals surface area contributed by atoms with E-state index in [1.54, 1.807) is 36.4 Å². The van der Waals surface area contributed by atoms with E-state index in [1.807, 2.05) is 24.4 Å². The van der Waals surface area contributed by atoms with Crippen LogP contribution in [0.2, 0.25) is 0 Å². The summed E-state index contributed by atoms with van der Waals surface area (Å²) in [6.07, 6.45) is 1.51. The Morgan fingerprint density at radius 1 is 1.19 bits per heavy atom. The van der Waals surface area contributed by atoms with E-state index in [4.69, 9.17) is 9.47 Å². The third kappa shape index (κ3) is 6.51. The van der Waals surface area contributed by atoms with Gasteiger partial charge in [-0.1, -0.05) is 35.8 Å². The quantitative estimate of drug-likeness (QED) is 0.181. The molecule has 0 bridgehead atoms. The maximum Gasteiger partial charge on any atom is 0.353 e. The van der Waals surface area contributed by atoms with Gasteiger partial charge >= 0.3 is 5.97 Å². The number of aryl methyl sites for hydroxylation is 1. The minimum atomic E-state index is -0.393. The fourth-order valence-corrected chi connectivity index (χ4v) is 3.73. The predicted octanol–water partition coefficient (Wildman–Crippen LogP) is 5.69. The van der Waals surface area contributed by atoms with Crippen LogP contribution in [0.4, 0.5) is 0 Å². The van der Waals surface area contributed by atoms with Gasteiger partial charge in [0.1, 0.15) is 16.4 Å². The Balaban J connectivity index is 1.50. The number of carbonyl (C=O) groups excluding carboxylic acids is 2. The number of benzene rings is 2. The molecule has 0 aliphatic rings. The van der Waals surface area contributed by atoms with Crippen LogP contribution in [-0.2, 0) is 4.79 Å². The molecule has 3 aromatic rings. The van der Waals surface area contributed by atoms with Crippen molar-refractivity contribution in [1.82, 2.24) is 5.43 Å². The molecule has 1 amide bonds. The molecule has 0 fully saturated rings. The van der Waals surface area contributed by atoms with Crippen molar-refractivity contribution in [1.29, 1.82) is 0 Å². The lowest BCUT2D eigenvalue weighted by atomic mass is 10.0. The van der Waals surface area contributed by atoms with Gasteiger partial charge in [-0.05, 0) is 77.4 Å². The molecule has 1 heterocycles. The molecule has 0 spiro atoms. The number of esters is 1. The van der Waals surface area contributed by atoms with Crippen LogP contribution in [0.25, 0.3) is 0 Å². The lowest BCUT2D eigenvalue weighted by Crippen LogP contribution is -2.25. The summed E-state index contributed by atoms with van der Waals surface area (Å²) in [6.45, 7) is 5.97. The molecule has 8 heteroatoms. The van der Waals surface area contributed by atoms with Crippen LogP contribution in [0.15, 0.2) is 63.5 Å². The fraction of sp³-hybridized carbons (Fsp3) is 0.208. The SMILES string of the molecule is Cc1cc(OCC(=O)N/N=C/c2ccc(OC(=O)c3cccs3)cc2)c(C(C)C)cc1Br. The number of nitrogens with one attached hydrogen (secondary N) is 1. The fourth-order valence-electron chi connectivity index (χ4n) is 2.77. The minimum absolute atomic E-state index is 0.143. The lowest BCUT2D eigenvalue weighted by Gasteiger charge is -2.15. The number of hydrogen-bond donors (Lipinski definition) is 1. The van der Waals surface area contributed by atoms with Gasteiger partial charge in [0.2, 0.25) is 0 Å². The van der Waals surface area contributed by atoms with Crippen molar-refractivity contribution in [2.75, 3.05) is 6.61 Å². The second kappa shape index (κ2) is 11.1. The van der Waals surface area contributed by atoms with Crippen LogP contribution < -0.4 is 14.9 Å². The number of hydrogen-bond acceptors (Lipinski definition) is 6. The number of ether oxygens (including phenoxy) is 2. The molecule has 0 aliphatic heterocycles. The molecule has 6 nitrogen and oxygen atoms in total. The Bertz CT molecular complexity index is 1110. The average molecular weight is 515 g/mol. The van der Waals surface area contributed by atoms with Crippen molar-refractivity contribution >= 4 is 45.4 Å². The second-order valence-corrected chi connectivity index (χ2v) is 9.11. The molecular weight excluding hydrogens is 492 g/mol. The van der Waals surface area contributed by atoms with Gasteiger partial charge in [-0.3, -0.25) is 4.79 Å². The molecule has 32 heavy (non-hydrogen) atoms. The van der Waals surface area contributed by atoms with Crippen molar-refractivity contribution < 1.29 is 19.1 Å². The Morgan fingerprint density at radius 2 is 1.94 bits per heavy atom. The zero-order valence-corrected chi connectivity index (χ0v) is 20.3. The maximum atomic E-state index is 12.1. The number of nitrogens with zero attached hydrogens (tertiary/aromatic N) is 1. The van der Waals surface area contributed by atoms with Gasteiger partial charge in [-0.2, -0.15) is 5.10 Å². The van der Waals surface area contributed by atoms with Crippen molar-refractivity contribution in [2.24, 2.45) is 5.10 Å². The highest BCUT2D eigenvalue weighted by molar-refractivity contribution is 9.10. The third-order valence-corrected chi connectivity index (χ3v) is 6.19. The first-order valence-electron chi connectivity index (χ1n) is 9.94. The summed E-state index contributed by atoms with van der Waals surface area (Å²) >= 11 is 4.86. The van der Waals surface area contributed by atoms with E-state index in [-0.39, 0.29) is 18.4 Å². The van der Waals surface area contributed by atoms with Crippen LogP contribution in [0, 0.1) is 6.92 Å². The van der Waals surface area contributed by atoms with E-state index in [0.29, 0.717) is 16.4 Å². The molecule has 1 N–H and O–H groups in total. The van der Waals surface area contributed by atoms with Gasteiger partial charge in [0.25, 0.3) is 5.91 Å². The minimum Gasteiger partial charge on any atom is -0.483 e. The predicted molar refractivity (Wildman–Crippen MR) is 130 cm³/mol. The van der Waals surface area contributed by atoms with E-state index < -0.39 is 5.97 Å². The first-order valence-corrected chi connectivity index (χ1v) is 11.6. The third-order valence-electron chi connectivity index (χ3n) is 4.49. The summed E-state index contributed by atoms with van der Waals surface area (Å²) in [4.78, 5) is 24.6. The summed E-state index contributed by atoms with van der Waals surface area (Å²) in [7, 11) is 0. The van der Waals surface area contributed by atoms with E-state index in [0.717, 1.165) is 21.2 Å². The molecule has 3 rings (SSSR count). The Hall–Kier alpha value is -2.97. The Labute approximate surface area is 199 Å². The zero-order valence-electron chi connectivity index (χ0n) is 17.9. The highest BCUT2D eigenvalue weighted by Crippen LogP contribution is 2.32. The highest BCUT2D eigenvalue weighted by atomic mass is 79.9. The van der Waals surface area contributed by atoms with Crippen LogP contribution in [0.3, 0.4) is 0 Å². The van der Waals surface area contributed by atoms with Crippen LogP contribution in [-0.4, -0.2) is 24.7 Å². The molecular formula is C24H23BrN2O4S. The summed E-state index contributed by atoms with van der Waals surface area (Å²) in [5, 5.41) is 5.77. The van der Waals surface area contributed by atoms with Gasteiger partial charge in [-0.15, -0.1) is 11.3 Å². The van der Waals surface area contributed by atoms with Gasteiger partial charge < -0.3 is 9.47 Å². The topological polar surface area (TPSA) is 77.0 Å². The number of carbonyl (C=O) groups is 2. The molecule has 0 saturated heterocycles. The van der Waals surface area contributed by atoms with Gasteiger partial charge in [0.15, 0.2) is 6.61 Å². The first kappa shape index (κ1) is 23.7. The van der Waals surface area contributed by atoms with E-state index in [1.165, 1.54) is 17.6 Å². The lowest BCUT2D eigenvalue weighted by molar-refractivity contribution is -0.123. The molecule has 0 radical (unpaired) electrons. The first-order chi connectivity index (χ1) is 15.3. The normalized spacial score (nSPS) is 11.0. The van der Waals surface area contributed by atoms with Crippen LogP contribution >= 0.6 is 27.3 Å². The maximum absolute atomic E-state index is 12.1. The molecule has 0 atom stereocenters. The molecule has 0 aliphatic carbocycles. The van der Waals surface area contributed by atoms with Crippen molar-refractivity contribution in [3.05, 3.63) is 80.0 Å². The monoisotopic (exact) mass is 514 g/mol. The smallest absolute Gasteiger partial charge is 0.353 e. The molecule has 0 saturated carbocycles. The number of hydrazone groups is 1. The van der Waals surface area contributed by atoms with Crippen LogP contribution in [0.5, 0.6) is 11.5 Å². The van der Waals surface area contributed by atoms with Gasteiger partial charge in [0, 0.05) is 4.47 Å². The molecule has 0 unspecified atom stereocenters. The van der Waals surface area contributed by atoms with Gasteiger partial charge in [-0.25, -0.2) is 10.2 Å². The van der Waals surface area contributed by atoms with Crippen LogP contribution in [0.1, 0.15) is 46.1 Å². The highest BCUT2D eigenvalue weighted by Gasteiger charge is 2.12. The average Bonchev–Trinajstić information content (AvgIpc) is 3.30. The number of thiophene rings is 1. The molecule has 166 valence electrons. The standard InChI is InChI=1S/C24H23BrN2O4S/c1-15(2)19-12-20(25)16(3)11-21(19)30-14-23(28)27-26-13-17-6-8-18(9-7-17)31-24(29)22-5-4-10-32-22/h4-13,15H,14H2,1-3H3,(H,27,28)/b26-13+. The zero-order chi connectivity index (χ0) is 23.1. The number of amides is 1. The largest absolute Gasteiger partial charge is 0.483 e. The van der Waals surface area contributed by atoms with E-state index in [2.05, 4.69) is 40.3 Å². The Kier molecular flexibility index (Phi) is 8.19. The van der Waals surface area contributed by atoms with Crippen molar-refractivity contribution in [2.45, 2.75) is 26.7 Å². The Morgan fingerprint density at radius 3 is 2.59 bits per heavy atom. The molecule has 1 aromatic heterocycles. The second-order valence-electron chi connectivity index (χ2n) is 7.31. The van der Waals surface area contributed by atoms with E-state index in [9.17, 15) is 9.59 Å². The summed E-state index contributed by atoms with van der Waals surface area (Å²) in [6, 6.07) is 14.3. The number of rotatable bonds is 8. The van der Waals surface area contributed by atoms with E-state index >= 15 is 0 Å². The van der Waals surface area contributed by atoms with Crippen molar-refractivity contribution in [3.8, 4) is 11.5 Å².